The van der Waals surface area contributed by atoms with Crippen LogP contribution in [0.5, 0.6) is 0 Å². The van der Waals surface area contributed by atoms with E-state index in [4.69, 9.17) is 5.73 Å². The van der Waals surface area contributed by atoms with E-state index in [1.165, 1.54) is 4.31 Å². The first-order valence-corrected chi connectivity index (χ1v) is 7.48. The van der Waals surface area contributed by atoms with Crippen molar-refractivity contribution >= 4 is 10.0 Å². The van der Waals surface area contributed by atoms with E-state index in [1.807, 2.05) is 0 Å². The van der Waals surface area contributed by atoms with Crippen molar-refractivity contribution < 1.29 is 21.6 Å². The Morgan fingerprint density at radius 3 is 2.28 bits per heavy atom. The molecule has 0 rings (SSSR count). The minimum atomic E-state index is -4.31. The fourth-order valence-electron chi connectivity index (χ4n) is 1.45. The molecule has 0 aromatic heterocycles. The van der Waals surface area contributed by atoms with Gasteiger partial charge in [0, 0.05) is 19.5 Å². The average molecular weight is 290 g/mol. The summed E-state index contributed by atoms with van der Waals surface area (Å²) in [6, 6.07) is 0. The summed E-state index contributed by atoms with van der Waals surface area (Å²) >= 11 is 0. The van der Waals surface area contributed by atoms with Crippen molar-refractivity contribution in [2.75, 3.05) is 25.4 Å². The van der Waals surface area contributed by atoms with E-state index in [0.29, 0.717) is 6.54 Å². The third-order valence-electron chi connectivity index (χ3n) is 2.53. The van der Waals surface area contributed by atoms with E-state index in [9.17, 15) is 21.6 Å². The SMILES string of the molecule is CCN(CC(C)CN)S(=O)(=O)CCCC(F)(F)F. The van der Waals surface area contributed by atoms with Gasteiger partial charge in [-0.2, -0.15) is 13.2 Å². The maximum atomic E-state index is 12.0. The number of nitrogens with zero attached hydrogens (tertiary/aromatic N) is 1. The maximum absolute atomic E-state index is 12.0. The Bertz CT molecular complexity index is 331. The minimum Gasteiger partial charge on any atom is -0.330 e. The van der Waals surface area contributed by atoms with Crippen LogP contribution in [0.25, 0.3) is 0 Å². The highest BCUT2D eigenvalue weighted by Gasteiger charge is 2.29. The Hall–Kier alpha value is -0.340. The number of alkyl halides is 3. The molecule has 0 radical (unpaired) electrons. The van der Waals surface area contributed by atoms with Crippen molar-refractivity contribution in [2.45, 2.75) is 32.9 Å². The van der Waals surface area contributed by atoms with Gasteiger partial charge in [-0.15, -0.1) is 0 Å². The van der Waals surface area contributed by atoms with Crippen molar-refractivity contribution in [1.82, 2.24) is 4.31 Å². The summed E-state index contributed by atoms with van der Waals surface area (Å²) in [6.45, 7) is 4.30. The molecule has 0 aromatic rings. The minimum absolute atomic E-state index is 0.0117. The molecule has 1 unspecified atom stereocenters. The summed E-state index contributed by atoms with van der Waals surface area (Å²) in [5, 5.41) is 0. The zero-order chi connectivity index (χ0) is 14.4. The van der Waals surface area contributed by atoms with E-state index in [1.54, 1.807) is 13.8 Å². The van der Waals surface area contributed by atoms with Crippen LogP contribution in [0.2, 0.25) is 0 Å². The van der Waals surface area contributed by atoms with Crippen molar-refractivity contribution in [1.29, 1.82) is 0 Å². The molecule has 110 valence electrons. The highest BCUT2D eigenvalue weighted by molar-refractivity contribution is 7.89. The first kappa shape index (κ1) is 17.7. The fourth-order valence-corrected chi connectivity index (χ4v) is 3.09. The smallest absolute Gasteiger partial charge is 0.330 e. The van der Waals surface area contributed by atoms with Gasteiger partial charge in [-0.1, -0.05) is 13.8 Å². The second-order valence-corrected chi connectivity index (χ2v) is 6.41. The monoisotopic (exact) mass is 290 g/mol. The number of sulfonamides is 1. The Labute approximate surface area is 106 Å². The van der Waals surface area contributed by atoms with Crippen molar-refractivity contribution in [3.63, 3.8) is 0 Å². The predicted molar refractivity (Wildman–Crippen MR) is 64.5 cm³/mol. The van der Waals surface area contributed by atoms with Crippen LogP contribution in [0.3, 0.4) is 0 Å². The molecule has 0 saturated heterocycles. The first-order chi connectivity index (χ1) is 8.12. The molecule has 0 aliphatic carbocycles. The molecule has 4 nitrogen and oxygen atoms in total. The highest BCUT2D eigenvalue weighted by Crippen LogP contribution is 2.22. The van der Waals surface area contributed by atoms with E-state index in [2.05, 4.69) is 0 Å². The quantitative estimate of drug-likeness (QED) is 0.738. The van der Waals surface area contributed by atoms with Crippen LogP contribution in [0.1, 0.15) is 26.7 Å². The lowest BCUT2D eigenvalue weighted by molar-refractivity contribution is -0.134. The Balaban J connectivity index is 4.40. The molecule has 0 spiro atoms. The molecular formula is C10H21F3N2O2S. The fraction of sp³-hybridized carbons (Fsp3) is 1.00. The van der Waals surface area contributed by atoms with Crippen LogP contribution < -0.4 is 5.73 Å². The van der Waals surface area contributed by atoms with Gasteiger partial charge in [0.25, 0.3) is 0 Å². The molecular weight excluding hydrogens is 269 g/mol. The lowest BCUT2D eigenvalue weighted by atomic mass is 10.2. The van der Waals surface area contributed by atoms with E-state index >= 15 is 0 Å². The molecule has 0 aromatic carbocycles. The zero-order valence-electron chi connectivity index (χ0n) is 10.7. The lowest BCUT2D eigenvalue weighted by Crippen LogP contribution is -2.38. The Kier molecular flexibility index (Phi) is 7.16. The Morgan fingerprint density at radius 1 is 1.33 bits per heavy atom. The lowest BCUT2D eigenvalue weighted by Gasteiger charge is -2.23. The molecule has 0 fully saturated rings. The molecule has 0 heterocycles. The number of rotatable bonds is 8. The van der Waals surface area contributed by atoms with Gasteiger partial charge in [0.1, 0.15) is 0 Å². The van der Waals surface area contributed by atoms with Crippen LogP contribution in [0, 0.1) is 5.92 Å². The third kappa shape index (κ3) is 7.17. The standard InChI is InChI=1S/C10H21F3N2O2S/c1-3-15(8-9(2)7-14)18(16,17)6-4-5-10(11,12)13/h9H,3-8,14H2,1-2H3. The summed E-state index contributed by atoms with van der Waals surface area (Å²) in [5.41, 5.74) is 5.41. The number of nitrogens with two attached hydrogens (primary N) is 1. The zero-order valence-corrected chi connectivity index (χ0v) is 11.5. The van der Waals surface area contributed by atoms with Crippen molar-refractivity contribution in [3.05, 3.63) is 0 Å². The summed E-state index contributed by atoms with van der Waals surface area (Å²) in [7, 11) is -3.62. The number of hydrogen-bond donors (Lipinski definition) is 1. The van der Waals surface area contributed by atoms with Gasteiger partial charge in [0.15, 0.2) is 0 Å². The molecule has 2 N–H and O–H groups in total. The van der Waals surface area contributed by atoms with Gasteiger partial charge in [0.05, 0.1) is 5.75 Å². The van der Waals surface area contributed by atoms with E-state index in [0.717, 1.165) is 0 Å². The topological polar surface area (TPSA) is 63.4 Å². The second-order valence-electron chi connectivity index (χ2n) is 4.33. The third-order valence-corrected chi connectivity index (χ3v) is 4.52. The Morgan fingerprint density at radius 2 is 1.89 bits per heavy atom. The van der Waals surface area contributed by atoms with Crippen LogP contribution in [-0.4, -0.2) is 44.3 Å². The summed E-state index contributed by atoms with van der Waals surface area (Å²) < 4.78 is 60.7. The molecule has 0 saturated carbocycles. The van der Waals surface area contributed by atoms with Crippen molar-refractivity contribution in [2.24, 2.45) is 11.7 Å². The summed E-state index contributed by atoms with van der Waals surface area (Å²) in [4.78, 5) is 0. The molecule has 0 aliphatic heterocycles. The number of halogens is 3. The van der Waals surface area contributed by atoms with Crippen LogP contribution >= 0.6 is 0 Å². The highest BCUT2D eigenvalue weighted by atomic mass is 32.2. The van der Waals surface area contributed by atoms with E-state index < -0.39 is 34.8 Å². The maximum Gasteiger partial charge on any atom is 0.389 e. The number of hydrogen-bond acceptors (Lipinski definition) is 3. The molecule has 8 heteroatoms. The van der Waals surface area contributed by atoms with Gasteiger partial charge in [0.2, 0.25) is 10.0 Å². The van der Waals surface area contributed by atoms with Gasteiger partial charge < -0.3 is 5.73 Å². The van der Waals surface area contributed by atoms with Crippen LogP contribution in [0.4, 0.5) is 13.2 Å². The van der Waals surface area contributed by atoms with Crippen molar-refractivity contribution in [3.8, 4) is 0 Å². The van der Waals surface area contributed by atoms with Gasteiger partial charge in [-0.05, 0) is 18.9 Å². The van der Waals surface area contributed by atoms with Gasteiger partial charge >= 0.3 is 6.18 Å². The molecule has 0 aliphatic rings. The van der Waals surface area contributed by atoms with Gasteiger partial charge in [-0.3, -0.25) is 0 Å². The second kappa shape index (κ2) is 7.30. The summed E-state index contributed by atoms with van der Waals surface area (Å²) in [6.07, 6.45) is -5.79. The summed E-state index contributed by atoms with van der Waals surface area (Å²) in [5.74, 6) is -0.486. The first-order valence-electron chi connectivity index (χ1n) is 5.87. The van der Waals surface area contributed by atoms with E-state index in [-0.39, 0.29) is 19.0 Å². The normalized spacial score (nSPS) is 15.1. The largest absolute Gasteiger partial charge is 0.389 e. The predicted octanol–water partition coefficient (Wildman–Crippen LogP) is 1.58. The van der Waals surface area contributed by atoms with Crippen LogP contribution in [0.15, 0.2) is 0 Å². The molecule has 0 amide bonds. The van der Waals surface area contributed by atoms with Gasteiger partial charge in [-0.25, -0.2) is 12.7 Å². The molecule has 1 atom stereocenters. The molecule has 0 bridgehead atoms. The average Bonchev–Trinajstić information content (AvgIpc) is 2.22. The van der Waals surface area contributed by atoms with Crippen LogP contribution in [-0.2, 0) is 10.0 Å². The molecule has 18 heavy (non-hydrogen) atoms.